The zero-order chi connectivity index (χ0) is 16.0. The fraction of sp³-hybridized carbons (Fsp3) is 0.286. The topological polar surface area (TPSA) is 55.4 Å². The Labute approximate surface area is 119 Å². The number of benzene rings is 1. The molecule has 0 spiro atoms. The molecule has 0 radical (unpaired) electrons. The minimum Gasteiger partial charge on any atom is -0.467 e. The van der Waals surface area contributed by atoms with Gasteiger partial charge in [0.15, 0.2) is 0 Å². The number of alkyl halides is 3. The summed E-state index contributed by atoms with van der Waals surface area (Å²) in [5.74, 6) is 0.271. The highest BCUT2D eigenvalue weighted by Crippen LogP contribution is 2.31. The lowest BCUT2D eigenvalue weighted by molar-refractivity contribution is -0.142. The maximum atomic E-state index is 12.8. The first kappa shape index (κ1) is 16.6. The second-order valence-corrected chi connectivity index (χ2v) is 4.00. The molecule has 21 heavy (non-hydrogen) atoms. The predicted molar refractivity (Wildman–Crippen MR) is 68.2 cm³/mol. The quantitative estimate of drug-likeness (QED) is 0.683. The van der Waals surface area contributed by atoms with Crippen molar-refractivity contribution in [3.05, 3.63) is 35.4 Å². The summed E-state index contributed by atoms with van der Waals surface area (Å²) in [5.41, 5.74) is -1.68. The molecule has 0 saturated carbocycles. The van der Waals surface area contributed by atoms with Crippen molar-refractivity contribution in [2.24, 2.45) is 0 Å². The summed E-state index contributed by atoms with van der Waals surface area (Å²) in [6.45, 7) is 0. The van der Waals surface area contributed by atoms with Crippen molar-refractivity contribution >= 4 is 11.9 Å². The number of ether oxygens (including phenoxy) is 1. The fourth-order valence-electron chi connectivity index (χ4n) is 1.62. The summed E-state index contributed by atoms with van der Waals surface area (Å²) in [6, 6.07) is 3.05. The van der Waals surface area contributed by atoms with Crippen LogP contribution in [0.25, 0.3) is 0 Å². The first-order valence-corrected chi connectivity index (χ1v) is 5.79. The Balaban J connectivity index is 3.04. The smallest absolute Gasteiger partial charge is 0.417 e. The van der Waals surface area contributed by atoms with Crippen molar-refractivity contribution in [3.63, 3.8) is 0 Å². The Morgan fingerprint density at radius 3 is 2.52 bits per heavy atom. The van der Waals surface area contributed by atoms with E-state index in [1.807, 2.05) is 0 Å². The average Bonchev–Trinajstić information content (AvgIpc) is 2.45. The SMILES string of the molecule is C#CC[C@@H](NC(=O)c1ccccc1C(F)(F)F)C(=O)OC. The van der Waals surface area contributed by atoms with Gasteiger partial charge in [-0.2, -0.15) is 13.2 Å². The number of carbonyl (C=O) groups is 2. The molecular formula is C14H12F3NO3. The van der Waals surface area contributed by atoms with Crippen LogP contribution in [0.1, 0.15) is 22.3 Å². The molecule has 1 atom stereocenters. The van der Waals surface area contributed by atoms with E-state index in [1.165, 1.54) is 12.1 Å². The van der Waals surface area contributed by atoms with Crippen LogP contribution >= 0.6 is 0 Å². The molecule has 7 heteroatoms. The molecule has 1 aromatic carbocycles. The zero-order valence-electron chi connectivity index (χ0n) is 11.0. The third-order valence-electron chi connectivity index (χ3n) is 2.59. The van der Waals surface area contributed by atoms with Crippen molar-refractivity contribution in [1.29, 1.82) is 0 Å². The molecule has 0 unspecified atom stereocenters. The molecule has 0 aromatic heterocycles. The Kier molecular flexibility index (Phi) is 5.36. The van der Waals surface area contributed by atoms with Crippen LogP contribution in [-0.2, 0) is 15.7 Å². The number of methoxy groups -OCH3 is 1. The highest BCUT2D eigenvalue weighted by Gasteiger charge is 2.35. The summed E-state index contributed by atoms with van der Waals surface area (Å²) in [6.07, 6.45) is 0.179. The maximum Gasteiger partial charge on any atom is 0.417 e. The highest BCUT2D eigenvalue weighted by molar-refractivity contribution is 5.98. The van der Waals surface area contributed by atoms with Crippen molar-refractivity contribution < 1.29 is 27.5 Å². The van der Waals surface area contributed by atoms with Gasteiger partial charge in [-0.15, -0.1) is 12.3 Å². The summed E-state index contributed by atoms with van der Waals surface area (Å²) in [5, 5.41) is 2.14. The molecule has 0 saturated heterocycles. The molecule has 0 heterocycles. The van der Waals surface area contributed by atoms with Gasteiger partial charge in [-0.1, -0.05) is 12.1 Å². The zero-order valence-corrected chi connectivity index (χ0v) is 11.0. The molecule has 0 aliphatic heterocycles. The first-order valence-electron chi connectivity index (χ1n) is 5.79. The van der Waals surface area contributed by atoms with Gasteiger partial charge in [0.1, 0.15) is 6.04 Å². The fourth-order valence-corrected chi connectivity index (χ4v) is 1.62. The van der Waals surface area contributed by atoms with E-state index in [4.69, 9.17) is 6.42 Å². The second-order valence-electron chi connectivity index (χ2n) is 4.00. The molecule has 1 rings (SSSR count). The number of carbonyl (C=O) groups excluding carboxylic acids is 2. The second kappa shape index (κ2) is 6.79. The lowest BCUT2D eigenvalue weighted by Gasteiger charge is -2.16. The van der Waals surface area contributed by atoms with Crippen molar-refractivity contribution in [1.82, 2.24) is 5.32 Å². The van der Waals surface area contributed by atoms with Crippen LogP contribution in [0.15, 0.2) is 24.3 Å². The molecule has 0 aliphatic carbocycles. The molecule has 4 nitrogen and oxygen atoms in total. The Morgan fingerprint density at radius 1 is 1.38 bits per heavy atom. The van der Waals surface area contributed by atoms with E-state index in [0.29, 0.717) is 0 Å². The van der Waals surface area contributed by atoms with Crippen molar-refractivity contribution in [2.45, 2.75) is 18.6 Å². The lowest BCUT2D eigenvalue weighted by Crippen LogP contribution is -2.41. The normalized spacial score (nSPS) is 12.1. The van der Waals surface area contributed by atoms with E-state index in [2.05, 4.69) is 16.0 Å². The highest BCUT2D eigenvalue weighted by atomic mass is 19.4. The molecular weight excluding hydrogens is 287 g/mol. The number of halogens is 3. The number of hydrogen-bond acceptors (Lipinski definition) is 3. The van der Waals surface area contributed by atoms with Crippen molar-refractivity contribution in [3.8, 4) is 12.3 Å². The Hall–Kier alpha value is -2.49. The van der Waals surface area contributed by atoms with E-state index in [0.717, 1.165) is 19.2 Å². The minimum absolute atomic E-state index is 0.188. The first-order chi connectivity index (χ1) is 9.81. The molecule has 0 aliphatic rings. The number of amides is 1. The molecule has 1 aromatic rings. The van der Waals surface area contributed by atoms with Gasteiger partial charge >= 0.3 is 12.1 Å². The number of esters is 1. The van der Waals surface area contributed by atoms with Gasteiger partial charge in [0.05, 0.1) is 18.2 Å². The van der Waals surface area contributed by atoms with Crippen LogP contribution in [0.4, 0.5) is 13.2 Å². The van der Waals surface area contributed by atoms with Crippen LogP contribution < -0.4 is 5.32 Å². The van der Waals surface area contributed by atoms with E-state index < -0.39 is 35.2 Å². The molecule has 1 N–H and O–H groups in total. The standard InChI is InChI=1S/C14H12F3NO3/c1-3-6-11(13(20)21-2)18-12(19)9-7-4-5-8-10(9)14(15,16)17/h1,4-5,7-8,11H,6H2,2H3,(H,18,19)/t11-/m1/s1. The molecule has 0 bridgehead atoms. The molecule has 0 fully saturated rings. The Bertz CT molecular complexity index is 576. The average molecular weight is 299 g/mol. The molecule has 112 valence electrons. The van der Waals surface area contributed by atoms with Crippen LogP contribution in [0.3, 0.4) is 0 Å². The van der Waals surface area contributed by atoms with Crippen LogP contribution in [0.5, 0.6) is 0 Å². The van der Waals surface area contributed by atoms with Gasteiger partial charge in [-0.3, -0.25) is 4.79 Å². The largest absolute Gasteiger partial charge is 0.467 e. The van der Waals surface area contributed by atoms with Gasteiger partial charge < -0.3 is 10.1 Å². The minimum atomic E-state index is -4.68. The van der Waals surface area contributed by atoms with E-state index in [9.17, 15) is 22.8 Å². The number of terminal acetylenes is 1. The number of nitrogens with one attached hydrogen (secondary N) is 1. The monoisotopic (exact) mass is 299 g/mol. The van der Waals surface area contributed by atoms with Crippen molar-refractivity contribution in [2.75, 3.05) is 7.11 Å². The number of hydrogen-bond donors (Lipinski definition) is 1. The van der Waals surface area contributed by atoms with E-state index in [1.54, 1.807) is 0 Å². The summed E-state index contributed by atoms with van der Waals surface area (Å²) >= 11 is 0. The van der Waals surface area contributed by atoms with E-state index in [-0.39, 0.29) is 6.42 Å². The lowest BCUT2D eigenvalue weighted by atomic mass is 10.1. The van der Waals surface area contributed by atoms with Gasteiger partial charge in [0, 0.05) is 6.42 Å². The van der Waals surface area contributed by atoms with Crippen LogP contribution in [0.2, 0.25) is 0 Å². The van der Waals surface area contributed by atoms with E-state index >= 15 is 0 Å². The van der Waals surface area contributed by atoms with Gasteiger partial charge in [-0.25, -0.2) is 4.79 Å². The Morgan fingerprint density at radius 2 is 2.00 bits per heavy atom. The summed E-state index contributed by atoms with van der Waals surface area (Å²) < 4.78 is 42.9. The van der Waals surface area contributed by atoms with Gasteiger partial charge in [-0.05, 0) is 12.1 Å². The third kappa shape index (κ3) is 4.24. The maximum absolute atomic E-state index is 12.8. The third-order valence-corrected chi connectivity index (χ3v) is 2.59. The molecule has 1 amide bonds. The summed E-state index contributed by atoms with van der Waals surface area (Å²) in [4.78, 5) is 23.3. The number of rotatable bonds is 4. The predicted octanol–water partition coefficient (Wildman–Crippen LogP) is 2.00. The summed E-state index contributed by atoms with van der Waals surface area (Å²) in [7, 11) is 1.08. The van der Waals surface area contributed by atoms with Gasteiger partial charge in [0.2, 0.25) is 0 Å². The van der Waals surface area contributed by atoms with Crippen LogP contribution in [-0.4, -0.2) is 25.0 Å². The van der Waals surface area contributed by atoms with Gasteiger partial charge in [0.25, 0.3) is 5.91 Å². The van der Waals surface area contributed by atoms with Crippen LogP contribution in [0, 0.1) is 12.3 Å².